The summed E-state index contributed by atoms with van der Waals surface area (Å²) in [4.78, 5) is 2.38. The Bertz CT molecular complexity index is 420. The quantitative estimate of drug-likeness (QED) is 0.830. The normalized spacial score (nSPS) is 24.4. The van der Waals surface area contributed by atoms with Crippen LogP contribution in [0.3, 0.4) is 0 Å². The van der Waals surface area contributed by atoms with Crippen LogP contribution in [0.25, 0.3) is 0 Å². The van der Waals surface area contributed by atoms with Crippen molar-refractivity contribution < 1.29 is 9.47 Å². The average Bonchev–Trinajstić information content (AvgIpc) is 2.30. The Morgan fingerprint density at radius 1 is 1.37 bits per heavy atom. The van der Waals surface area contributed by atoms with Gasteiger partial charge in [0.05, 0.1) is 16.7 Å². The molecule has 0 aromatic heterocycles. The van der Waals surface area contributed by atoms with Crippen LogP contribution in [-0.2, 0) is 4.74 Å². The van der Waals surface area contributed by atoms with Crippen LogP contribution in [0.15, 0.2) is 22.7 Å². The first-order valence-corrected chi connectivity index (χ1v) is 7.67. The van der Waals surface area contributed by atoms with Gasteiger partial charge in [-0.05, 0) is 48.0 Å². The van der Waals surface area contributed by atoms with E-state index < -0.39 is 0 Å². The summed E-state index contributed by atoms with van der Waals surface area (Å²) in [6, 6.07) is 5.56. The molecule has 5 heteroatoms. The first-order chi connectivity index (χ1) is 9.04. The standard InChI is InChI=1S/C14H19BrClNO2/c1-10-8-17(9-11(2)19-10)5-6-18-14-4-3-12(16)7-13(14)15/h3-4,7,10-11H,5-6,8-9H2,1-2H3/t10-,11-/m0/s1. The SMILES string of the molecule is C[C@H]1CN(CCOc2ccc(Cl)cc2Br)C[C@H](C)O1. The van der Waals surface area contributed by atoms with Crippen molar-refractivity contribution in [3.63, 3.8) is 0 Å². The minimum Gasteiger partial charge on any atom is -0.491 e. The monoisotopic (exact) mass is 347 g/mol. The number of ether oxygens (including phenoxy) is 2. The first kappa shape index (κ1) is 15.1. The average molecular weight is 349 g/mol. The lowest BCUT2D eigenvalue weighted by Gasteiger charge is -2.35. The summed E-state index contributed by atoms with van der Waals surface area (Å²) < 4.78 is 12.4. The number of nitrogens with zero attached hydrogens (tertiary/aromatic N) is 1. The van der Waals surface area contributed by atoms with Gasteiger partial charge >= 0.3 is 0 Å². The van der Waals surface area contributed by atoms with E-state index in [1.807, 2.05) is 18.2 Å². The minimum atomic E-state index is 0.297. The Balaban J connectivity index is 1.80. The number of rotatable bonds is 4. The fourth-order valence-electron chi connectivity index (χ4n) is 2.34. The molecule has 0 radical (unpaired) electrons. The number of hydrogen-bond donors (Lipinski definition) is 0. The smallest absolute Gasteiger partial charge is 0.133 e. The Hall–Kier alpha value is -0.290. The van der Waals surface area contributed by atoms with Crippen molar-refractivity contribution in [2.75, 3.05) is 26.2 Å². The Kier molecular flexibility index (Phi) is 5.51. The molecule has 3 nitrogen and oxygen atoms in total. The lowest BCUT2D eigenvalue weighted by Crippen LogP contribution is -2.46. The number of halogens is 2. The highest BCUT2D eigenvalue weighted by molar-refractivity contribution is 9.10. The second-order valence-corrected chi connectivity index (χ2v) is 6.23. The summed E-state index contributed by atoms with van der Waals surface area (Å²) in [5.41, 5.74) is 0. The molecule has 1 aromatic carbocycles. The van der Waals surface area contributed by atoms with E-state index in [1.165, 1.54) is 0 Å². The molecule has 19 heavy (non-hydrogen) atoms. The van der Waals surface area contributed by atoms with Crippen molar-refractivity contribution in [1.29, 1.82) is 0 Å². The van der Waals surface area contributed by atoms with E-state index in [0.29, 0.717) is 23.8 Å². The maximum atomic E-state index is 5.90. The van der Waals surface area contributed by atoms with Crippen LogP contribution in [0.2, 0.25) is 5.02 Å². The van der Waals surface area contributed by atoms with E-state index in [4.69, 9.17) is 21.1 Å². The van der Waals surface area contributed by atoms with Gasteiger partial charge in [-0.2, -0.15) is 0 Å². The van der Waals surface area contributed by atoms with E-state index in [-0.39, 0.29) is 0 Å². The van der Waals surface area contributed by atoms with E-state index in [0.717, 1.165) is 29.9 Å². The van der Waals surface area contributed by atoms with Crippen LogP contribution in [0.4, 0.5) is 0 Å². The van der Waals surface area contributed by atoms with Crippen LogP contribution in [0, 0.1) is 0 Å². The largest absolute Gasteiger partial charge is 0.491 e. The highest BCUT2D eigenvalue weighted by Gasteiger charge is 2.21. The van der Waals surface area contributed by atoms with Gasteiger partial charge in [-0.15, -0.1) is 0 Å². The van der Waals surface area contributed by atoms with Gasteiger partial charge in [0.2, 0.25) is 0 Å². The molecule has 106 valence electrons. The molecule has 1 aliphatic rings. The molecule has 0 saturated carbocycles. The van der Waals surface area contributed by atoms with E-state index >= 15 is 0 Å². The summed E-state index contributed by atoms with van der Waals surface area (Å²) in [7, 11) is 0. The van der Waals surface area contributed by atoms with Crippen LogP contribution >= 0.6 is 27.5 Å². The Morgan fingerprint density at radius 3 is 2.68 bits per heavy atom. The predicted octanol–water partition coefficient (Wildman–Crippen LogP) is 3.59. The zero-order valence-corrected chi connectivity index (χ0v) is 13.6. The highest BCUT2D eigenvalue weighted by atomic mass is 79.9. The van der Waals surface area contributed by atoms with E-state index in [1.54, 1.807) is 0 Å². The van der Waals surface area contributed by atoms with Crippen molar-refractivity contribution in [3.05, 3.63) is 27.7 Å². The molecule has 1 heterocycles. The third kappa shape index (κ3) is 4.63. The van der Waals surface area contributed by atoms with E-state index in [2.05, 4.69) is 34.7 Å². The summed E-state index contributed by atoms with van der Waals surface area (Å²) in [6.07, 6.45) is 0.594. The van der Waals surface area contributed by atoms with E-state index in [9.17, 15) is 0 Å². The molecule has 2 atom stereocenters. The predicted molar refractivity (Wildman–Crippen MR) is 81.1 cm³/mol. The lowest BCUT2D eigenvalue weighted by atomic mass is 10.2. The maximum absolute atomic E-state index is 5.90. The van der Waals surface area contributed by atoms with Crippen molar-refractivity contribution in [2.45, 2.75) is 26.1 Å². The summed E-state index contributed by atoms with van der Waals surface area (Å²) in [5.74, 6) is 0.832. The van der Waals surface area contributed by atoms with Gasteiger partial charge in [0.15, 0.2) is 0 Å². The van der Waals surface area contributed by atoms with Crippen molar-refractivity contribution >= 4 is 27.5 Å². The molecular weight excluding hydrogens is 330 g/mol. The van der Waals surface area contributed by atoms with Crippen LogP contribution in [0.1, 0.15) is 13.8 Å². The van der Waals surface area contributed by atoms with Crippen molar-refractivity contribution in [1.82, 2.24) is 4.90 Å². The molecule has 1 aliphatic heterocycles. The Morgan fingerprint density at radius 2 is 2.05 bits per heavy atom. The number of hydrogen-bond acceptors (Lipinski definition) is 3. The highest BCUT2D eigenvalue weighted by Crippen LogP contribution is 2.27. The third-order valence-electron chi connectivity index (χ3n) is 3.05. The molecule has 0 amide bonds. The van der Waals surface area contributed by atoms with Crippen LogP contribution < -0.4 is 4.74 Å². The summed E-state index contributed by atoms with van der Waals surface area (Å²) in [5, 5.41) is 0.704. The van der Waals surface area contributed by atoms with Crippen LogP contribution in [0.5, 0.6) is 5.75 Å². The fourth-order valence-corrected chi connectivity index (χ4v) is 3.14. The number of benzene rings is 1. The fraction of sp³-hybridized carbons (Fsp3) is 0.571. The first-order valence-electron chi connectivity index (χ1n) is 6.50. The maximum Gasteiger partial charge on any atom is 0.133 e. The topological polar surface area (TPSA) is 21.7 Å². The zero-order chi connectivity index (χ0) is 13.8. The molecule has 0 unspecified atom stereocenters. The molecule has 0 spiro atoms. The lowest BCUT2D eigenvalue weighted by molar-refractivity contribution is -0.0699. The Labute approximate surface area is 128 Å². The van der Waals surface area contributed by atoms with Gasteiger partial charge in [0, 0.05) is 24.7 Å². The third-order valence-corrected chi connectivity index (χ3v) is 3.91. The molecule has 0 aliphatic carbocycles. The molecule has 0 bridgehead atoms. The zero-order valence-electron chi connectivity index (χ0n) is 11.2. The molecule has 1 fully saturated rings. The van der Waals surface area contributed by atoms with Gasteiger partial charge in [-0.1, -0.05) is 11.6 Å². The van der Waals surface area contributed by atoms with Gasteiger partial charge in [-0.25, -0.2) is 0 Å². The van der Waals surface area contributed by atoms with Gasteiger partial charge in [0.25, 0.3) is 0 Å². The van der Waals surface area contributed by atoms with Gasteiger partial charge < -0.3 is 9.47 Å². The second kappa shape index (κ2) is 6.93. The molecular formula is C14H19BrClNO2. The molecule has 1 aromatic rings. The van der Waals surface area contributed by atoms with Crippen molar-refractivity contribution in [2.24, 2.45) is 0 Å². The van der Waals surface area contributed by atoms with Gasteiger partial charge in [-0.3, -0.25) is 4.90 Å². The molecule has 1 saturated heterocycles. The van der Waals surface area contributed by atoms with Crippen LogP contribution in [-0.4, -0.2) is 43.3 Å². The minimum absolute atomic E-state index is 0.297. The number of morpholine rings is 1. The van der Waals surface area contributed by atoms with Crippen molar-refractivity contribution in [3.8, 4) is 5.75 Å². The van der Waals surface area contributed by atoms with Gasteiger partial charge in [0.1, 0.15) is 12.4 Å². The summed E-state index contributed by atoms with van der Waals surface area (Å²) in [6.45, 7) is 7.73. The second-order valence-electron chi connectivity index (χ2n) is 4.94. The summed E-state index contributed by atoms with van der Waals surface area (Å²) >= 11 is 9.35. The molecule has 0 N–H and O–H groups in total. The molecule has 2 rings (SSSR count).